The zero-order valence-electron chi connectivity index (χ0n) is 11.0. The molecule has 3 rings (SSSR count). The summed E-state index contributed by atoms with van der Waals surface area (Å²) in [6.07, 6.45) is 6.89. The minimum Gasteiger partial charge on any atom is -0.326 e. The van der Waals surface area contributed by atoms with Crippen LogP contribution in [0.5, 0.6) is 0 Å². The van der Waals surface area contributed by atoms with Crippen LogP contribution in [0.4, 0.5) is 11.4 Å². The van der Waals surface area contributed by atoms with Gasteiger partial charge >= 0.3 is 0 Å². The monoisotopic (exact) mass is 288 g/mol. The summed E-state index contributed by atoms with van der Waals surface area (Å²) in [5.41, 5.74) is 1.52. The summed E-state index contributed by atoms with van der Waals surface area (Å²) in [5, 5.41) is 5.72. The lowest BCUT2D eigenvalue weighted by Crippen LogP contribution is -2.19. The summed E-state index contributed by atoms with van der Waals surface area (Å²) < 4.78 is 0. The number of nitrogens with one attached hydrogen (secondary N) is 2. The highest BCUT2D eigenvalue weighted by atomic mass is 32.2. The molecule has 20 heavy (non-hydrogen) atoms. The van der Waals surface area contributed by atoms with Gasteiger partial charge < -0.3 is 10.6 Å². The predicted molar refractivity (Wildman–Crippen MR) is 80.9 cm³/mol. The second kappa shape index (κ2) is 5.71. The first-order valence-corrected chi connectivity index (χ1v) is 7.72. The number of hydrogen-bond donors (Lipinski definition) is 2. The average molecular weight is 288 g/mol. The molecule has 0 fully saturated rings. The Kier molecular flexibility index (Phi) is 3.78. The number of carbonyl (C=O) groups excluding carboxylic acids is 2. The third-order valence-corrected chi connectivity index (χ3v) is 4.53. The SMILES string of the molecule is O=C(CC1C=CCC1)Nc1ccc2c(c1)NC(=O)CS2. The fourth-order valence-electron chi connectivity index (χ4n) is 2.48. The number of amides is 2. The van der Waals surface area contributed by atoms with Crippen molar-refractivity contribution in [3.63, 3.8) is 0 Å². The molecule has 0 radical (unpaired) electrons. The maximum Gasteiger partial charge on any atom is 0.234 e. The van der Waals surface area contributed by atoms with E-state index in [2.05, 4.69) is 22.8 Å². The summed E-state index contributed by atoms with van der Waals surface area (Å²) in [7, 11) is 0. The normalized spacial score (nSPS) is 20.4. The minimum atomic E-state index is 0.00192. The number of allylic oxidation sites excluding steroid dienone is 2. The number of anilines is 2. The van der Waals surface area contributed by atoms with Crippen LogP contribution in [0.15, 0.2) is 35.2 Å². The Labute approximate surface area is 122 Å². The van der Waals surface area contributed by atoms with Crippen molar-refractivity contribution >= 4 is 35.0 Å². The standard InChI is InChI=1S/C15H16N2O2S/c18-14(7-10-3-1-2-4-10)16-11-5-6-13-12(8-11)17-15(19)9-20-13/h1,3,5-6,8,10H,2,4,7,9H2,(H,16,18)(H,17,19). The molecule has 0 saturated carbocycles. The highest BCUT2D eigenvalue weighted by Gasteiger charge is 2.17. The second-order valence-electron chi connectivity index (χ2n) is 5.07. The van der Waals surface area contributed by atoms with E-state index in [0.717, 1.165) is 29.1 Å². The van der Waals surface area contributed by atoms with Crippen molar-refractivity contribution in [1.29, 1.82) is 0 Å². The molecular weight excluding hydrogens is 272 g/mol. The van der Waals surface area contributed by atoms with Crippen molar-refractivity contribution in [3.05, 3.63) is 30.4 Å². The maximum atomic E-state index is 12.0. The summed E-state index contributed by atoms with van der Waals surface area (Å²) in [5.74, 6) is 0.841. The van der Waals surface area contributed by atoms with Crippen LogP contribution in [0.3, 0.4) is 0 Å². The zero-order chi connectivity index (χ0) is 13.9. The van der Waals surface area contributed by atoms with Gasteiger partial charge in [0, 0.05) is 17.0 Å². The van der Waals surface area contributed by atoms with E-state index in [1.54, 1.807) is 0 Å². The molecule has 1 aromatic carbocycles. The lowest BCUT2D eigenvalue weighted by atomic mass is 10.1. The zero-order valence-corrected chi connectivity index (χ0v) is 11.8. The van der Waals surface area contributed by atoms with E-state index >= 15 is 0 Å². The van der Waals surface area contributed by atoms with Crippen molar-refractivity contribution in [1.82, 2.24) is 0 Å². The van der Waals surface area contributed by atoms with Gasteiger partial charge in [-0.25, -0.2) is 0 Å². The molecule has 0 aromatic heterocycles. The molecule has 0 spiro atoms. The van der Waals surface area contributed by atoms with E-state index in [9.17, 15) is 9.59 Å². The topological polar surface area (TPSA) is 58.2 Å². The van der Waals surface area contributed by atoms with Crippen molar-refractivity contribution in [2.24, 2.45) is 5.92 Å². The molecule has 1 unspecified atom stereocenters. The first kappa shape index (κ1) is 13.2. The van der Waals surface area contributed by atoms with E-state index < -0.39 is 0 Å². The molecule has 2 N–H and O–H groups in total. The van der Waals surface area contributed by atoms with E-state index in [1.807, 2.05) is 18.2 Å². The van der Waals surface area contributed by atoms with Crippen molar-refractivity contribution in [3.8, 4) is 0 Å². The van der Waals surface area contributed by atoms with E-state index in [-0.39, 0.29) is 11.8 Å². The van der Waals surface area contributed by atoms with Gasteiger partial charge in [0.1, 0.15) is 0 Å². The van der Waals surface area contributed by atoms with Gasteiger partial charge in [0.15, 0.2) is 0 Å². The van der Waals surface area contributed by atoms with Gasteiger partial charge in [0.2, 0.25) is 11.8 Å². The van der Waals surface area contributed by atoms with Gasteiger partial charge in [-0.2, -0.15) is 0 Å². The van der Waals surface area contributed by atoms with Crippen LogP contribution in [-0.4, -0.2) is 17.6 Å². The molecule has 4 nitrogen and oxygen atoms in total. The van der Waals surface area contributed by atoms with Gasteiger partial charge in [-0.15, -0.1) is 11.8 Å². The molecule has 104 valence electrons. The summed E-state index contributed by atoms with van der Waals surface area (Å²) in [4.78, 5) is 24.4. The Hall–Kier alpha value is -1.75. The molecule has 1 aliphatic heterocycles. The number of fused-ring (bicyclic) bond motifs is 1. The van der Waals surface area contributed by atoms with Crippen LogP contribution in [-0.2, 0) is 9.59 Å². The van der Waals surface area contributed by atoms with Crippen molar-refractivity contribution < 1.29 is 9.59 Å². The summed E-state index contributed by atoms with van der Waals surface area (Å²) >= 11 is 1.52. The van der Waals surface area contributed by atoms with Crippen LogP contribution in [0.1, 0.15) is 19.3 Å². The highest BCUT2D eigenvalue weighted by Crippen LogP contribution is 2.33. The molecule has 1 aliphatic carbocycles. The Balaban J connectivity index is 1.65. The molecule has 2 aliphatic rings. The maximum absolute atomic E-state index is 12.0. The Morgan fingerprint density at radius 1 is 1.45 bits per heavy atom. The molecule has 2 amide bonds. The first-order valence-electron chi connectivity index (χ1n) is 6.74. The Morgan fingerprint density at radius 3 is 3.15 bits per heavy atom. The van der Waals surface area contributed by atoms with Gasteiger partial charge in [-0.1, -0.05) is 12.2 Å². The fraction of sp³-hybridized carbons (Fsp3) is 0.333. The fourth-order valence-corrected chi connectivity index (χ4v) is 3.26. The molecule has 0 bridgehead atoms. The van der Waals surface area contributed by atoms with Gasteiger partial charge in [-0.05, 0) is 37.0 Å². The van der Waals surface area contributed by atoms with Gasteiger partial charge in [-0.3, -0.25) is 9.59 Å². The van der Waals surface area contributed by atoms with Crippen LogP contribution < -0.4 is 10.6 Å². The Morgan fingerprint density at radius 2 is 2.35 bits per heavy atom. The number of thioether (sulfide) groups is 1. The van der Waals surface area contributed by atoms with Crippen LogP contribution >= 0.6 is 11.8 Å². The summed E-state index contributed by atoms with van der Waals surface area (Å²) in [6.45, 7) is 0. The third-order valence-electron chi connectivity index (χ3n) is 3.46. The predicted octanol–water partition coefficient (Wildman–Crippen LogP) is 3.03. The number of hydrogen-bond acceptors (Lipinski definition) is 3. The van der Waals surface area contributed by atoms with Crippen molar-refractivity contribution in [2.45, 2.75) is 24.2 Å². The minimum absolute atomic E-state index is 0.00192. The molecular formula is C15H16N2O2S. The molecule has 1 atom stereocenters. The van der Waals surface area contributed by atoms with Crippen LogP contribution in [0.2, 0.25) is 0 Å². The largest absolute Gasteiger partial charge is 0.326 e. The van der Waals surface area contributed by atoms with Crippen molar-refractivity contribution in [2.75, 3.05) is 16.4 Å². The van der Waals surface area contributed by atoms with Gasteiger partial charge in [0.05, 0.1) is 11.4 Å². The molecule has 1 aromatic rings. The lowest BCUT2D eigenvalue weighted by molar-refractivity contribution is -0.117. The quantitative estimate of drug-likeness (QED) is 0.841. The van der Waals surface area contributed by atoms with E-state index in [1.165, 1.54) is 11.8 Å². The lowest BCUT2D eigenvalue weighted by Gasteiger charge is -2.17. The molecule has 1 heterocycles. The molecule has 0 saturated heterocycles. The van der Waals surface area contributed by atoms with E-state index in [0.29, 0.717) is 18.1 Å². The number of carbonyl (C=O) groups is 2. The van der Waals surface area contributed by atoms with Crippen LogP contribution in [0, 0.1) is 5.92 Å². The number of benzene rings is 1. The van der Waals surface area contributed by atoms with Gasteiger partial charge in [0.25, 0.3) is 0 Å². The third kappa shape index (κ3) is 3.04. The first-order chi connectivity index (χ1) is 9.70. The second-order valence-corrected chi connectivity index (χ2v) is 6.08. The van der Waals surface area contributed by atoms with E-state index in [4.69, 9.17) is 0 Å². The summed E-state index contributed by atoms with van der Waals surface area (Å²) in [6, 6.07) is 5.64. The average Bonchev–Trinajstić information content (AvgIpc) is 2.91. The van der Waals surface area contributed by atoms with Crippen LogP contribution in [0.25, 0.3) is 0 Å². The Bertz CT molecular complexity index is 583. The number of rotatable bonds is 3. The highest BCUT2D eigenvalue weighted by molar-refractivity contribution is 8.00. The smallest absolute Gasteiger partial charge is 0.234 e. The molecule has 5 heteroatoms.